The summed E-state index contributed by atoms with van der Waals surface area (Å²) in [4.78, 5) is 16.2. The summed E-state index contributed by atoms with van der Waals surface area (Å²) < 4.78 is 0. The van der Waals surface area contributed by atoms with Crippen molar-refractivity contribution in [2.24, 2.45) is 0 Å². The van der Waals surface area contributed by atoms with E-state index < -0.39 is 0 Å². The number of hydrogen-bond donors (Lipinski definition) is 2. The first-order valence-electron chi connectivity index (χ1n) is 5.88. The highest BCUT2D eigenvalue weighted by atomic mass is 16.1. The summed E-state index contributed by atoms with van der Waals surface area (Å²) in [6.07, 6.45) is 1.63. The Morgan fingerprint density at radius 3 is 3.05 bits per heavy atom. The van der Waals surface area contributed by atoms with E-state index in [2.05, 4.69) is 20.5 Å². The molecule has 0 atom stereocenters. The van der Waals surface area contributed by atoms with Crippen LogP contribution in [0.25, 0.3) is 11.0 Å². The van der Waals surface area contributed by atoms with Crippen molar-refractivity contribution in [2.45, 2.75) is 0 Å². The van der Waals surface area contributed by atoms with E-state index in [0.29, 0.717) is 22.6 Å². The Kier molecular flexibility index (Phi) is 2.86. The van der Waals surface area contributed by atoms with Crippen LogP contribution in [-0.2, 0) is 0 Å². The van der Waals surface area contributed by atoms with E-state index in [4.69, 9.17) is 5.26 Å². The van der Waals surface area contributed by atoms with Gasteiger partial charge in [0.05, 0.1) is 17.0 Å². The Morgan fingerprint density at radius 2 is 2.20 bits per heavy atom. The standard InChI is InChI=1S/C14H9N5O/c15-8-9-3-1-4-10(7-9)14(20)17-13-11-5-2-6-16-12(11)18-19-13/h1-7H,(H2,16,17,18,19,20). The number of carbonyl (C=O) groups excluding carboxylic acids is 1. The lowest BCUT2D eigenvalue weighted by atomic mass is 10.1. The van der Waals surface area contributed by atoms with Gasteiger partial charge in [-0.25, -0.2) is 4.98 Å². The minimum atomic E-state index is -0.309. The van der Waals surface area contributed by atoms with Crippen LogP contribution in [0.1, 0.15) is 15.9 Å². The fourth-order valence-corrected chi connectivity index (χ4v) is 1.86. The molecule has 0 unspecified atom stereocenters. The van der Waals surface area contributed by atoms with Crippen LogP contribution in [0.5, 0.6) is 0 Å². The summed E-state index contributed by atoms with van der Waals surface area (Å²) in [5.74, 6) is 0.178. The highest BCUT2D eigenvalue weighted by Crippen LogP contribution is 2.18. The Bertz CT molecular complexity index is 831. The zero-order valence-electron chi connectivity index (χ0n) is 10.3. The van der Waals surface area contributed by atoms with Gasteiger partial charge in [0.15, 0.2) is 5.65 Å². The fourth-order valence-electron chi connectivity index (χ4n) is 1.86. The fraction of sp³-hybridized carbons (Fsp3) is 0. The largest absolute Gasteiger partial charge is 0.306 e. The number of nitriles is 1. The van der Waals surface area contributed by atoms with Gasteiger partial charge in [0, 0.05) is 11.8 Å². The summed E-state index contributed by atoms with van der Waals surface area (Å²) in [5.41, 5.74) is 1.39. The molecule has 20 heavy (non-hydrogen) atoms. The van der Waals surface area contributed by atoms with Gasteiger partial charge in [-0.1, -0.05) is 6.07 Å². The molecule has 2 heterocycles. The van der Waals surface area contributed by atoms with Crippen molar-refractivity contribution < 1.29 is 4.79 Å². The molecular weight excluding hydrogens is 254 g/mol. The average Bonchev–Trinajstić information content (AvgIpc) is 2.90. The van der Waals surface area contributed by atoms with Crippen molar-refractivity contribution in [3.63, 3.8) is 0 Å². The molecular formula is C14H9N5O. The monoisotopic (exact) mass is 263 g/mol. The van der Waals surface area contributed by atoms with E-state index in [-0.39, 0.29) is 5.91 Å². The van der Waals surface area contributed by atoms with Crippen molar-refractivity contribution in [2.75, 3.05) is 5.32 Å². The van der Waals surface area contributed by atoms with E-state index in [1.54, 1.807) is 30.5 Å². The van der Waals surface area contributed by atoms with Gasteiger partial charge < -0.3 is 5.32 Å². The predicted octanol–water partition coefficient (Wildman–Crippen LogP) is 2.08. The topological polar surface area (TPSA) is 94.5 Å². The van der Waals surface area contributed by atoms with E-state index >= 15 is 0 Å². The normalized spacial score (nSPS) is 10.2. The molecule has 6 nitrogen and oxygen atoms in total. The van der Waals surface area contributed by atoms with Gasteiger partial charge in [0.25, 0.3) is 5.91 Å². The molecule has 0 aliphatic rings. The third-order valence-electron chi connectivity index (χ3n) is 2.82. The van der Waals surface area contributed by atoms with Crippen molar-refractivity contribution >= 4 is 22.8 Å². The first-order valence-corrected chi connectivity index (χ1v) is 5.88. The molecule has 0 aliphatic heterocycles. The maximum atomic E-state index is 12.1. The van der Waals surface area contributed by atoms with Gasteiger partial charge >= 0.3 is 0 Å². The molecule has 2 aromatic heterocycles. The molecule has 0 radical (unpaired) electrons. The van der Waals surface area contributed by atoms with Gasteiger partial charge in [-0.3, -0.25) is 9.89 Å². The average molecular weight is 263 g/mol. The third kappa shape index (κ3) is 2.08. The maximum Gasteiger partial charge on any atom is 0.256 e. The number of fused-ring (bicyclic) bond motifs is 1. The molecule has 3 aromatic rings. The second-order valence-electron chi connectivity index (χ2n) is 4.12. The number of benzene rings is 1. The molecule has 96 valence electrons. The van der Waals surface area contributed by atoms with Crippen LogP contribution in [-0.4, -0.2) is 21.1 Å². The van der Waals surface area contributed by atoms with Gasteiger partial charge in [0.2, 0.25) is 0 Å². The number of H-pyrrole nitrogens is 1. The zero-order chi connectivity index (χ0) is 13.9. The maximum absolute atomic E-state index is 12.1. The van der Waals surface area contributed by atoms with Crippen LogP contribution in [0.2, 0.25) is 0 Å². The van der Waals surface area contributed by atoms with Crippen LogP contribution in [0, 0.1) is 11.3 Å². The second-order valence-corrected chi connectivity index (χ2v) is 4.12. The number of pyridine rings is 1. The van der Waals surface area contributed by atoms with Crippen LogP contribution in [0.4, 0.5) is 5.82 Å². The van der Waals surface area contributed by atoms with Gasteiger partial charge in [-0.15, -0.1) is 0 Å². The minimum Gasteiger partial charge on any atom is -0.306 e. The quantitative estimate of drug-likeness (QED) is 0.740. The van der Waals surface area contributed by atoms with Crippen LogP contribution in [0.3, 0.4) is 0 Å². The lowest BCUT2D eigenvalue weighted by Gasteiger charge is -2.03. The second kappa shape index (κ2) is 4.82. The summed E-state index contributed by atoms with van der Waals surface area (Å²) in [7, 11) is 0. The highest BCUT2D eigenvalue weighted by molar-refractivity contribution is 6.07. The molecule has 0 fully saturated rings. The van der Waals surface area contributed by atoms with Crippen LogP contribution < -0.4 is 5.32 Å². The lowest BCUT2D eigenvalue weighted by molar-refractivity contribution is 0.102. The molecule has 2 N–H and O–H groups in total. The molecule has 0 bridgehead atoms. The summed E-state index contributed by atoms with van der Waals surface area (Å²) in [6, 6.07) is 12.1. The number of nitrogens with zero attached hydrogens (tertiary/aromatic N) is 3. The molecule has 6 heteroatoms. The zero-order valence-corrected chi connectivity index (χ0v) is 10.3. The van der Waals surface area contributed by atoms with E-state index in [1.807, 2.05) is 12.1 Å². The molecule has 0 saturated carbocycles. The summed E-state index contributed by atoms with van der Waals surface area (Å²) in [5, 5.41) is 19.0. The van der Waals surface area contributed by atoms with Crippen molar-refractivity contribution in [3.05, 3.63) is 53.7 Å². The summed E-state index contributed by atoms with van der Waals surface area (Å²) >= 11 is 0. The van der Waals surface area contributed by atoms with Crippen molar-refractivity contribution in [3.8, 4) is 6.07 Å². The molecule has 1 aromatic carbocycles. The number of nitrogens with one attached hydrogen (secondary N) is 2. The van der Waals surface area contributed by atoms with Crippen molar-refractivity contribution in [1.29, 1.82) is 5.26 Å². The molecule has 3 rings (SSSR count). The van der Waals surface area contributed by atoms with Crippen LogP contribution >= 0.6 is 0 Å². The first-order chi connectivity index (χ1) is 9.78. The van der Waals surface area contributed by atoms with Gasteiger partial charge in [-0.05, 0) is 30.3 Å². The number of rotatable bonds is 2. The SMILES string of the molecule is N#Cc1cccc(C(=O)Nc2[nH]nc3ncccc23)c1. The first kappa shape index (κ1) is 11.9. The predicted molar refractivity (Wildman–Crippen MR) is 73.0 cm³/mol. The number of hydrogen-bond acceptors (Lipinski definition) is 4. The number of aromatic amines is 1. The summed E-state index contributed by atoms with van der Waals surface area (Å²) in [6.45, 7) is 0. The van der Waals surface area contributed by atoms with E-state index in [0.717, 1.165) is 5.39 Å². The van der Waals surface area contributed by atoms with Crippen LogP contribution in [0.15, 0.2) is 42.6 Å². The molecule has 0 saturated heterocycles. The minimum absolute atomic E-state index is 0.309. The Hall–Kier alpha value is -3.20. The number of carbonyl (C=O) groups is 1. The van der Waals surface area contributed by atoms with Gasteiger partial charge in [-0.2, -0.15) is 10.4 Å². The Balaban J connectivity index is 1.91. The highest BCUT2D eigenvalue weighted by Gasteiger charge is 2.11. The van der Waals surface area contributed by atoms with Crippen molar-refractivity contribution in [1.82, 2.24) is 15.2 Å². The van der Waals surface area contributed by atoms with E-state index in [1.165, 1.54) is 6.07 Å². The van der Waals surface area contributed by atoms with Gasteiger partial charge in [0.1, 0.15) is 5.82 Å². The lowest BCUT2D eigenvalue weighted by Crippen LogP contribution is -2.12. The molecule has 1 amide bonds. The number of anilines is 1. The molecule has 0 spiro atoms. The Morgan fingerprint density at radius 1 is 1.30 bits per heavy atom. The van der Waals surface area contributed by atoms with E-state index in [9.17, 15) is 4.79 Å². The number of aromatic nitrogens is 3. The smallest absolute Gasteiger partial charge is 0.256 e. The number of amides is 1. The molecule has 0 aliphatic carbocycles. The third-order valence-corrected chi connectivity index (χ3v) is 2.82. The Labute approximate surface area is 114 Å².